The summed E-state index contributed by atoms with van der Waals surface area (Å²) in [6.07, 6.45) is 3.66. The lowest BCUT2D eigenvalue weighted by Gasteiger charge is -2.20. The summed E-state index contributed by atoms with van der Waals surface area (Å²) in [6, 6.07) is 0. The third-order valence-electron chi connectivity index (χ3n) is 1.97. The van der Waals surface area contributed by atoms with Crippen LogP contribution in [-0.4, -0.2) is 33.4 Å². The number of rotatable bonds is 2. The van der Waals surface area contributed by atoms with Crippen LogP contribution in [-0.2, 0) is 4.79 Å². The number of hydrogen-bond donors (Lipinski definition) is 2. The maximum atomic E-state index is 11.3. The third-order valence-corrected chi connectivity index (χ3v) is 2.56. The van der Waals surface area contributed by atoms with Gasteiger partial charge < -0.3 is 14.7 Å². The van der Waals surface area contributed by atoms with E-state index in [0.717, 1.165) is 19.3 Å². The minimum Gasteiger partial charge on any atom is -0.349 e. The molecule has 0 saturated carbocycles. The molecule has 70 valence electrons. The van der Waals surface area contributed by atoms with Gasteiger partial charge in [-0.05, 0) is 12.8 Å². The van der Waals surface area contributed by atoms with Gasteiger partial charge in [-0.2, -0.15) is 0 Å². The largest absolute Gasteiger partial charge is 0.349 e. The average molecular weight is 191 g/mol. The predicted molar refractivity (Wildman–Crippen MR) is 46.4 cm³/mol. The lowest BCUT2D eigenvalue weighted by molar-refractivity contribution is -0.129. The normalized spacial score (nSPS) is 19.9. The summed E-state index contributed by atoms with van der Waals surface area (Å²) in [5, 5.41) is 0. The first kappa shape index (κ1) is 9.90. The van der Waals surface area contributed by atoms with Crippen LogP contribution >= 0.6 is 8.38 Å². The van der Waals surface area contributed by atoms with Crippen molar-refractivity contribution >= 4 is 14.3 Å². The summed E-state index contributed by atoms with van der Waals surface area (Å²) in [7, 11) is -1.96. The van der Waals surface area contributed by atoms with E-state index in [2.05, 4.69) is 0 Å². The molecule has 0 atom stereocenters. The summed E-state index contributed by atoms with van der Waals surface area (Å²) in [5.74, 6) is 0.0584. The monoisotopic (exact) mass is 191 g/mol. The summed E-state index contributed by atoms with van der Waals surface area (Å²) in [6.45, 7) is 0.679. The molecule has 2 N–H and O–H groups in total. The minimum atomic E-state index is -1.96. The second kappa shape index (κ2) is 4.75. The standard InChI is InChI=1S/C7H14NO3P/c9-7-4-2-1-3-5-8(7)6-12(10)11/h10-11H,1-6H2. The van der Waals surface area contributed by atoms with Crippen LogP contribution < -0.4 is 0 Å². The van der Waals surface area contributed by atoms with Gasteiger partial charge in [-0.3, -0.25) is 4.79 Å². The van der Waals surface area contributed by atoms with E-state index in [4.69, 9.17) is 9.79 Å². The van der Waals surface area contributed by atoms with Crippen molar-refractivity contribution in [3.8, 4) is 0 Å². The van der Waals surface area contributed by atoms with Crippen LogP contribution in [0.1, 0.15) is 25.7 Å². The zero-order valence-corrected chi connectivity index (χ0v) is 7.83. The van der Waals surface area contributed by atoms with Crippen LogP contribution in [0.5, 0.6) is 0 Å². The highest BCUT2D eigenvalue weighted by Crippen LogP contribution is 2.25. The first-order chi connectivity index (χ1) is 5.70. The summed E-state index contributed by atoms with van der Waals surface area (Å²) >= 11 is 0. The first-order valence-corrected chi connectivity index (χ1v) is 5.56. The van der Waals surface area contributed by atoms with Crippen molar-refractivity contribution in [1.29, 1.82) is 0 Å². The fourth-order valence-electron chi connectivity index (χ4n) is 1.34. The van der Waals surface area contributed by atoms with Crippen LogP contribution in [0.3, 0.4) is 0 Å². The van der Waals surface area contributed by atoms with Gasteiger partial charge in [-0.1, -0.05) is 6.42 Å². The van der Waals surface area contributed by atoms with Gasteiger partial charge in [0.05, 0.1) is 6.29 Å². The molecule has 4 nitrogen and oxygen atoms in total. The molecular formula is C7H14NO3P. The van der Waals surface area contributed by atoms with Crippen LogP contribution in [0, 0.1) is 0 Å². The van der Waals surface area contributed by atoms with E-state index in [9.17, 15) is 4.79 Å². The molecular weight excluding hydrogens is 177 g/mol. The molecule has 0 bridgehead atoms. The summed E-state index contributed by atoms with van der Waals surface area (Å²) in [4.78, 5) is 30.3. The minimum absolute atomic E-state index is 0.0584. The summed E-state index contributed by atoms with van der Waals surface area (Å²) < 4.78 is 0. The molecule has 0 aromatic carbocycles. The molecule has 12 heavy (non-hydrogen) atoms. The lowest BCUT2D eigenvalue weighted by Crippen LogP contribution is -2.30. The van der Waals surface area contributed by atoms with E-state index >= 15 is 0 Å². The number of carbonyl (C=O) groups excluding carboxylic acids is 1. The Labute approximate surface area is 73.1 Å². The second-order valence-corrected chi connectivity index (χ2v) is 4.01. The predicted octanol–water partition coefficient (Wildman–Crippen LogP) is 0.643. The van der Waals surface area contributed by atoms with E-state index in [1.807, 2.05) is 0 Å². The highest BCUT2D eigenvalue weighted by molar-refractivity contribution is 7.45. The number of nitrogens with zero attached hydrogens (tertiary/aromatic N) is 1. The molecule has 0 aromatic heterocycles. The van der Waals surface area contributed by atoms with E-state index in [1.54, 1.807) is 4.90 Å². The molecule has 0 aliphatic carbocycles. The van der Waals surface area contributed by atoms with Gasteiger partial charge in [0.1, 0.15) is 0 Å². The lowest BCUT2D eigenvalue weighted by atomic mass is 10.2. The van der Waals surface area contributed by atoms with Gasteiger partial charge >= 0.3 is 0 Å². The van der Waals surface area contributed by atoms with Crippen LogP contribution in [0.25, 0.3) is 0 Å². The molecule has 0 spiro atoms. The highest BCUT2D eigenvalue weighted by Gasteiger charge is 2.18. The van der Waals surface area contributed by atoms with Gasteiger partial charge in [-0.25, -0.2) is 0 Å². The van der Waals surface area contributed by atoms with Crippen molar-refractivity contribution in [2.45, 2.75) is 25.7 Å². The average Bonchev–Trinajstić information content (AvgIpc) is 2.16. The first-order valence-electron chi connectivity index (χ1n) is 4.13. The molecule has 1 aliphatic rings. The number of carbonyl (C=O) groups is 1. The maximum Gasteiger partial charge on any atom is 0.223 e. The third kappa shape index (κ3) is 3.05. The second-order valence-electron chi connectivity index (χ2n) is 2.98. The van der Waals surface area contributed by atoms with Crippen molar-refractivity contribution in [2.24, 2.45) is 0 Å². The van der Waals surface area contributed by atoms with Crippen LogP contribution in [0.15, 0.2) is 0 Å². The molecule has 1 amide bonds. The Hall–Kier alpha value is -0.180. The van der Waals surface area contributed by atoms with Crippen molar-refractivity contribution in [3.05, 3.63) is 0 Å². The van der Waals surface area contributed by atoms with Crippen molar-refractivity contribution in [2.75, 3.05) is 12.8 Å². The Morgan fingerprint density at radius 2 is 2.08 bits per heavy atom. The fraction of sp³-hybridized carbons (Fsp3) is 0.857. The Balaban J connectivity index is 2.42. The molecule has 1 rings (SSSR count). The summed E-state index contributed by atoms with van der Waals surface area (Å²) in [5.41, 5.74) is 0. The zero-order chi connectivity index (χ0) is 8.97. The van der Waals surface area contributed by atoms with Crippen molar-refractivity contribution in [3.63, 3.8) is 0 Å². The molecule has 1 heterocycles. The fourth-order valence-corrected chi connectivity index (χ4v) is 1.95. The number of likely N-dealkylation sites (tertiary alicyclic amines) is 1. The molecule has 0 radical (unpaired) electrons. The molecule has 1 saturated heterocycles. The Morgan fingerprint density at radius 1 is 1.33 bits per heavy atom. The van der Waals surface area contributed by atoms with Crippen molar-refractivity contribution in [1.82, 2.24) is 4.90 Å². The van der Waals surface area contributed by atoms with Crippen molar-refractivity contribution < 1.29 is 14.6 Å². The molecule has 5 heteroatoms. The number of amides is 1. The van der Waals surface area contributed by atoms with E-state index < -0.39 is 8.38 Å². The van der Waals surface area contributed by atoms with E-state index in [0.29, 0.717) is 13.0 Å². The Bertz CT molecular complexity index is 163. The SMILES string of the molecule is O=C1CCCCCN1CP(O)O. The Kier molecular flexibility index (Phi) is 3.92. The molecule has 1 fully saturated rings. The van der Waals surface area contributed by atoms with Gasteiger partial charge in [0.2, 0.25) is 5.91 Å². The van der Waals surface area contributed by atoms with Crippen LogP contribution in [0.2, 0.25) is 0 Å². The zero-order valence-electron chi connectivity index (χ0n) is 6.94. The molecule has 1 aliphatic heterocycles. The van der Waals surface area contributed by atoms with Gasteiger partial charge in [0, 0.05) is 13.0 Å². The molecule has 0 aromatic rings. The van der Waals surface area contributed by atoms with E-state index in [-0.39, 0.29) is 12.2 Å². The van der Waals surface area contributed by atoms with E-state index in [1.165, 1.54) is 0 Å². The van der Waals surface area contributed by atoms with Gasteiger partial charge in [0.25, 0.3) is 0 Å². The van der Waals surface area contributed by atoms with Gasteiger partial charge in [-0.15, -0.1) is 0 Å². The quantitative estimate of drug-likeness (QED) is 0.630. The smallest absolute Gasteiger partial charge is 0.223 e. The van der Waals surface area contributed by atoms with Crippen LogP contribution in [0.4, 0.5) is 0 Å². The van der Waals surface area contributed by atoms with Gasteiger partial charge in [0.15, 0.2) is 8.38 Å². The molecule has 0 unspecified atom stereocenters. The Morgan fingerprint density at radius 3 is 2.75 bits per heavy atom. The number of hydrogen-bond acceptors (Lipinski definition) is 3. The highest BCUT2D eigenvalue weighted by atomic mass is 31.2. The maximum absolute atomic E-state index is 11.3. The topological polar surface area (TPSA) is 60.8 Å².